The van der Waals surface area contributed by atoms with E-state index in [9.17, 15) is 4.79 Å². The Balaban J connectivity index is 2.15. The number of nitrogens with one attached hydrogen (secondary N) is 1. The van der Waals surface area contributed by atoms with Crippen molar-refractivity contribution in [2.75, 3.05) is 0 Å². The molecule has 1 amide bonds. The first kappa shape index (κ1) is 12.7. The molecule has 1 unspecified atom stereocenters. The van der Waals surface area contributed by atoms with Crippen LogP contribution in [0.4, 0.5) is 0 Å². The van der Waals surface area contributed by atoms with E-state index < -0.39 is 0 Å². The van der Waals surface area contributed by atoms with Gasteiger partial charge < -0.3 is 9.73 Å². The molecule has 1 atom stereocenters. The molecule has 0 radical (unpaired) electrons. The molecule has 2 aromatic rings. The first-order valence-electron chi connectivity index (χ1n) is 6.36. The van der Waals surface area contributed by atoms with Gasteiger partial charge in [0.25, 0.3) is 0 Å². The lowest BCUT2D eigenvalue weighted by atomic mass is 10.1. The Morgan fingerprint density at radius 3 is 2.94 bits per heavy atom. The number of hydrogen-bond acceptors (Lipinski definition) is 2. The number of carbonyl (C=O) groups is 1. The van der Waals surface area contributed by atoms with Crippen LogP contribution >= 0.6 is 0 Å². The van der Waals surface area contributed by atoms with Gasteiger partial charge in [-0.15, -0.1) is 0 Å². The Hall–Kier alpha value is -1.77. The predicted molar refractivity (Wildman–Crippen MR) is 72.6 cm³/mol. The van der Waals surface area contributed by atoms with E-state index in [1.807, 2.05) is 32.0 Å². The van der Waals surface area contributed by atoms with Crippen molar-refractivity contribution in [1.29, 1.82) is 0 Å². The molecule has 0 fully saturated rings. The number of fused-ring (bicyclic) bond motifs is 1. The highest BCUT2D eigenvalue weighted by atomic mass is 16.3. The highest BCUT2D eigenvalue weighted by molar-refractivity contribution is 5.88. The zero-order valence-electron chi connectivity index (χ0n) is 11.1. The number of hydrogen-bond donors (Lipinski definition) is 1. The van der Waals surface area contributed by atoms with Gasteiger partial charge >= 0.3 is 0 Å². The van der Waals surface area contributed by atoms with Gasteiger partial charge in [-0.25, -0.2) is 0 Å². The summed E-state index contributed by atoms with van der Waals surface area (Å²) in [4.78, 5) is 11.8. The summed E-state index contributed by atoms with van der Waals surface area (Å²) in [6, 6.07) is 6.26. The van der Waals surface area contributed by atoms with E-state index in [4.69, 9.17) is 4.42 Å². The second-order valence-electron chi connectivity index (χ2n) is 4.81. The van der Waals surface area contributed by atoms with Gasteiger partial charge in [-0.3, -0.25) is 4.79 Å². The van der Waals surface area contributed by atoms with Crippen LogP contribution < -0.4 is 5.32 Å². The minimum Gasteiger partial charge on any atom is -0.464 e. The Bertz CT molecular complexity index is 557. The molecular weight excluding hydrogens is 226 g/mol. The van der Waals surface area contributed by atoms with Crippen LogP contribution in [0.5, 0.6) is 0 Å². The van der Waals surface area contributed by atoms with Crippen LogP contribution in [0.1, 0.15) is 31.4 Å². The number of aryl methyl sites for hydroxylation is 1. The molecule has 96 valence electrons. The third kappa shape index (κ3) is 2.73. The molecule has 0 saturated heterocycles. The Kier molecular flexibility index (Phi) is 3.70. The van der Waals surface area contributed by atoms with E-state index in [1.165, 1.54) is 0 Å². The van der Waals surface area contributed by atoms with Crippen molar-refractivity contribution in [3.63, 3.8) is 0 Å². The Morgan fingerprint density at radius 2 is 2.22 bits per heavy atom. The summed E-state index contributed by atoms with van der Waals surface area (Å²) >= 11 is 0. The lowest BCUT2D eigenvalue weighted by Crippen LogP contribution is -2.33. The van der Waals surface area contributed by atoms with Crippen LogP contribution in [-0.4, -0.2) is 11.9 Å². The highest BCUT2D eigenvalue weighted by Gasteiger charge is 2.11. The molecule has 1 aromatic carbocycles. The van der Waals surface area contributed by atoms with Gasteiger partial charge in [-0.05, 0) is 31.9 Å². The maximum atomic E-state index is 11.8. The van der Waals surface area contributed by atoms with Crippen LogP contribution in [0.15, 0.2) is 28.9 Å². The fourth-order valence-corrected chi connectivity index (χ4v) is 1.93. The summed E-state index contributed by atoms with van der Waals surface area (Å²) < 4.78 is 5.48. The van der Waals surface area contributed by atoms with Crippen molar-refractivity contribution in [3.8, 4) is 0 Å². The van der Waals surface area contributed by atoms with Crippen molar-refractivity contribution in [2.45, 2.75) is 39.7 Å². The minimum atomic E-state index is 0.0487. The van der Waals surface area contributed by atoms with Gasteiger partial charge in [-0.1, -0.05) is 19.1 Å². The van der Waals surface area contributed by atoms with E-state index in [-0.39, 0.29) is 11.9 Å². The van der Waals surface area contributed by atoms with E-state index in [0.29, 0.717) is 6.42 Å². The molecule has 0 saturated carbocycles. The summed E-state index contributed by atoms with van der Waals surface area (Å²) in [7, 11) is 0. The predicted octanol–water partition coefficient (Wildman–Crippen LogP) is 3.20. The zero-order valence-corrected chi connectivity index (χ0v) is 11.1. The monoisotopic (exact) mass is 245 g/mol. The van der Waals surface area contributed by atoms with Crippen LogP contribution in [-0.2, 0) is 11.2 Å². The number of carbonyl (C=O) groups excluding carboxylic acids is 1. The molecule has 1 aromatic heterocycles. The largest absolute Gasteiger partial charge is 0.464 e. The van der Waals surface area contributed by atoms with Crippen molar-refractivity contribution in [3.05, 3.63) is 35.6 Å². The molecule has 2 rings (SSSR count). The summed E-state index contributed by atoms with van der Waals surface area (Å²) in [6.07, 6.45) is 3.00. The Labute approximate surface area is 107 Å². The van der Waals surface area contributed by atoms with Gasteiger partial charge in [0.05, 0.1) is 12.7 Å². The lowest BCUT2D eigenvalue weighted by Gasteiger charge is -2.10. The van der Waals surface area contributed by atoms with E-state index in [1.54, 1.807) is 6.26 Å². The average molecular weight is 245 g/mol. The van der Waals surface area contributed by atoms with E-state index in [0.717, 1.165) is 28.5 Å². The summed E-state index contributed by atoms with van der Waals surface area (Å²) in [5.41, 5.74) is 2.96. The van der Waals surface area contributed by atoms with Gasteiger partial charge in [0.15, 0.2) is 0 Å². The van der Waals surface area contributed by atoms with Crippen LogP contribution in [0.25, 0.3) is 11.0 Å². The van der Waals surface area contributed by atoms with Gasteiger partial charge in [0.2, 0.25) is 5.91 Å². The van der Waals surface area contributed by atoms with Gasteiger partial charge in [0.1, 0.15) is 5.58 Å². The van der Waals surface area contributed by atoms with Crippen LogP contribution in [0.3, 0.4) is 0 Å². The second kappa shape index (κ2) is 5.25. The number of amides is 1. The second-order valence-corrected chi connectivity index (χ2v) is 4.81. The lowest BCUT2D eigenvalue weighted by molar-refractivity contribution is -0.121. The quantitative estimate of drug-likeness (QED) is 0.898. The number of benzene rings is 1. The average Bonchev–Trinajstić information content (AvgIpc) is 2.71. The summed E-state index contributed by atoms with van der Waals surface area (Å²) in [5.74, 6) is 0.0487. The maximum absolute atomic E-state index is 11.8. The van der Waals surface area contributed by atoms with Crippen molar-refractivity contribution >= 4 is 16.9 Å². The van der Waals surface area contributed by atoms with Crippen LogP contribution in [0.2, 0.25) is 0 Å². The number of rotatable bonds is 4. The normalized spacial score (nSPS) is 12.6. The fraction of sp³-hybridized carbons (Fsp3) is 0.400. The minimum absolute atomic E-state index is 0.0487. The smallest absolute Gasteiger partial charge is 0.224 e. The third-order valence-electron chi connectivity index (χ3n) is 3.18. The topological polar surface area (TPSA) is 42.2 Å². The molecule has 0 spiro atoms. The fourth-order valence-electron chi connectivity index (χ4n) is 1.93. The maximum Gasteiger partial charge on any atom is 0.224 e. The third-order valence-corrected chi connectivity index (χ3v) is 3.18. The molecule has 3 heteroatoms. The molecule has 0 aliphatic rings. The summed E-state index contributed by atoms with van der Waals surface area (Å²) in [6.45, 7) is 6.09. The number of furan rings is 1. The first-order valence-corrected chi connectivity index (χ1v) is 6.36. The van der Waals surface area contributed by atoms with Crippen molar-refractivity contribution in [2.24, 2.45) is 0 Å². The molecule has 1 heterocycles. The van der Waals surface area contributed by atoms with E-state index >= 15 is 0 Å². The molecule has 18 heavy (non-hydrogen) atoms. The molecule has 0 aliphatic carbocycles. The van der Waals surface area contributed by atoms with Gasteiger partial charge in [0, 0.05) is 17.0 Å². The molecule has 1 N–H and O–H groups in total. The zero-order chi connectivity index (χ0) is 13.1. The molecule has 0 aliphatic heterocycles. The first-order chi connectivity index (χ1) is 8.60. The molecule has 0 bridgehead atoms. The van der Waals surface area contributed by atoms with Crippen LogP contribution in [0, 0.1) is 6.92 Å². The summed E-state index contributed by atoms with van der Waals surface area (Å²) in [5, 5.41) is 3.99. The molecule has 3 nitrogen and oxygen atoms in total. The van der Waals surface area contributed by atoms with Crippen molar-refractivity contribution in [1.82, 2.24) is 5.32 Å². The van der Waals surface area contributed by atoms with Crippen molar-refractivity contribution < 1.29 is 9.21 Å². The van der Waals surface area contributed by atoms with Gasteiger partial charge in [-0.2, -0.15) is 0 Å². The molecular formula is C15H19NO2. The Morgan fingerprint density at radius 1 is 1.44 bits per heavy atom. The van der Waals surface area contributed by atoms with E-state index in [2.05, 4.69) is 12.2 Å². The standard InChI is InChI=1S/C15H19NO2/c1-4-11(3)16-15(17)8-12-9-18-14-7-10(2)5-6-13(12)14/h5-7,9,11H,4,8H2,1-3H3,(H,16,17). The highest BCUT2D eigenvalue weighted by Crippen LogP contribution is 2.22. The SMILES string of the molecule is CCC(C)NC(=O)Cc1coc2cc(C)ccc12.